The Labute approximate surface area is 156 Å². The number of nitrogens with zero attached hydrogens (tertiary/aromatic N) is 1. The highest BCUT2D eigenvalue weighted by Crippen LogP contribution is 2.40. The highest BCUT2D eigenvalue weighted by atomic mass is 16.4. The van der Waals surface area contributed by atoms with Gasteiger partial charge in [0.15, 0.2) is 0 Å². The van der Waals surface area contributed by atoms with Gasteiger partial charge in [0, 0.05) is 18.5 Å². The molecule has 3 N–H and O–H groups in total. The SMILES string of the molecule is CC(=O)n1cc(C(N)=O)c2ccccc21.O=C(O)c1cccc(C2CC2)c1. The standard InChI is InChI=1S/C11H10N2O2.C10H10O2/c1-7(14)13-6-9(11(12)15)8-4-2-3-5-10(8)13;11-10(12)9-3-1-2-8(6-9)7-4-5-7/h2-6H,1H3,(H2,12,15);1-3,6-7H,4-5H2,(H,11,12). The van der Waals surface area contributed by atoms with Crippen LogP contribution < -0.4 is 5.73 Å². The second kappa shape index (κ2) is 7.45. The van der Waals surface area contributed by atoms with E-state index in [0.717, 1.165) is 0 Å². The zero-order valence-corrected chi connectivity index (χ0v) is 14.9. The lowest BCUT2D eigenvalue weighted by atomic mass is 10.1. The molecule has 0 saturated heterocycles. The van der Waals surface area contributed by atoms with Crippen molar-refractivity contribution in [3.05, 3.63) is 71.4 Å². The maximum absolute atomic E-state index is 11.3. The molecule has 1 aliphatic rings. The second-order valence-electron chi connectivity index (χ2n) is 6.52. The zero-order valence-electron chi connectivity index (χ0n) is 14.9. The molecule has 27 heavy (non-hydrogen) atoms. The van der Waals surface area contributed by atoms with Gasteiger partial charge in [-0.25, -0.2) is 4.79 Å². The Kier molecular flexibility index (Phi) is 5.07. The summed E-state index contributed by atoms with van der Waals surface area (Å²) in [7, 11) is 0. The molecule has 6 heteroatoms. The van der Waals surface area contributed by atoms with Crippen LogP contribution in [0.3, 0.4) is 0 Å². The number of carboxylic acid groups (broad SMARTS) is 1. The smallest absolute Gasteiger partial charge is 0.335 e. The topological polar surface area (TPSA) is 102 Å². The fourth-order valence-corrected chi connectivity index (χ4v) is 2.98. The largest absolute Gasteiger partial charge is 0.478 e. The molecular weight excluding hydrogens is 344 g/mol. The van der Waals surface area contributed by atoms with Crippen molar-refractivity contribution < 1.29 is 19.5 Å². The third-order valence-electron chi connectivity index (χ3n) is 4.50. The highest BCUT2D eigenvalue weighted by molar-refractivity contribution is 6.08. The quantitative estimate of drug-likeness (QED) is 0.740. The van der Waals surface area contributed by atoms with Crippen LogP contribution in [0.2, 0.25) is 0 Å². The number of aromatic carboxylic acids is 1. The van der Waals surface area contributed by atoms with Crippen molar-refractivity contribution in [2.75, 3.05) is 0 Å². The van der Waals surface area contributed by atoms with Gasteiger partial charge in [-0.05, 0) is 42.5 Å². The summed E-state index contributed by atoms with van der Waals surface area (Å²) in [6.07, 6.45) is 3.90. The van der Waals surface area contributed by atoms with Crippen LogP contribution >= 0.6 is 0 Å². The predicted molar refractivity (Wildman–Crippen MR) is 102 cm³/mol. The van der Waals surface area contributed by atoms with E-state index in [1.165, 1.54) is 36.1 Å². The third kappa shape index (κ3) is 4.06. The van der Waals surface area contributed by atoms with Crippen LogP contribution in [0, 0.1) is 0 Å². The molecule has 1 aliphatic carbocycles. The van der Waals surface area contributed by atoms with Crippen LogP contribution in [-0.2, 0) is 0 Å². The molecule has 1 heterocycles. The Morgan fingerprint density at radius 3 is 2.37 bits per heavy atom. The number of fused-ring (bicyclic) bond motifs is 1. The van der Waals surface area contributed by atoms with Gasteiger partial charge in [-0.1, -0.05) is 30.3 Å². The molecule has 1 amide bonds. The average Bonchev–Trinajstić information content (AvgIpc) is 3.42. The van der Waals surface area contributed by atoms with Crippen LogP contribution in [0.4, 0.5) is 0 Å². The first kappa shape index (κ1) is 18.4. The molecule has 138 valence electrons. The average molecular weight is 364 g/mol. The highest BCUT2D eigenvalue weighted by Gasteiger charge is 2.23. The summed E-state index contributed by atoms with van der Waals surface area (Å²) in [5.74, 6) is -0.869. The first-order valence-electron chi connectivity index (χ1n) is 8.62. The van der Waals surface area contributed by atoms with Crippen molar-refractivity contribution in [2.45, 2.75) is 25.7 Å². The fourth-order valence-electron chi connectivity index (χ4n) is 2.98. The molecule has 0 atom stereocenters. The minimum Gasteiger partial charge on any atom is -0.478 e. The van der Waals surface area contributed by atoms with Crippen molar-refractivity contribution in [1.29, 1.82) is 0 Å². The number of carbonyl (C=O) groups is 3. The van der Waals surface area contributed by atoms with Gasteiger partial charge in [0.1, 0.15) is 0 Å². The minimum atomic E-state index is -0.836. The number of amides is 1. The van der Waals surface area contributed by atoms with E-state index in [9.17, 15) is 14.4 Å². The Hall–Kier alpha value is -3.41. The molecule has 0 spiro atoms. The van der Waals surface area contributed by atoms with Crippen molar-refractivity contribution in [3.63, 3.8) is 0 Å². The van der Waals surface area contributed by atoms with E-state index in [4.69, 9.17) is 10.8 Å². The van der Waals surface area contributed by atoms with Gasteiger partial charge < -0.3 is 10.8 Å². The first-order valence-corrected chi connectivity index (χ1v) is 8.62. The van der Waals surface area contributed by atoms with E-state index in [2.05, 4.69) is 0 Å². The molecule has 6 nitrogen and oxygen atoms in total. The number of benzene rings is 2. The lowest BCUT2D eigenvalue weighted by molar-refractivity contribution is 0.0696. The second-order valence-corrected chi connectivity index (χ2v) is 6.52. The summed E-state index contributed by atoms with van der Waals surface area (Å²) in [6, 6.07) is 14.4. The molecule has 3 aromatic rings. The van der Waals surface area contributed by atoms with Gasteiger partial charge in [-0.2, -0.15) is 0 Å². The van der Waals surface area contributed by atoms with E-state index >= 15 is 0 Å². The monoisotopic (exact) mass is 364 g/mol. The van der Waals surface area contributed by atoms with Crippen molar-refractivity contribution in [2.24, 2.45) is 5.73 Å². The number of hydrogen-bond donors (Lipinski definition) is 2. The summed E-state index contributed by atoms with van der Waals surface area (Å²) in [5, 5.41) is 9.42. The van der Waals surface area contributed by atoms with Crippen LogP contribution in [-0.4, -0.2) is 27.5 Å². The molecule has 0 radical (unpaired) electrons. The predicted octanol–water partition coefficient (Wildman–Crippen LogP) is 3.66. The third-order valence-corrected chi connectivity index (χ3v) is 4.50. The molecular formula is C21H20N2O4. The number of primary amides is 1. The normalized spacial score (nSPS) is 12.9. The molecule has 2 aromatic carbocycles. The van der Waals surface area contributed by atoms with Gasteiger partial charge in [0.05, 0.1) is 16.6 Å². The zero-order chi connectivity index (χ0) is 19.6. The number of aromatic nitrogens is 1. The van der Waals surface area contributed by atoms with Crippen molar-refractivity contribution in [3.8, 4) is 0 Å². The maximum atomic E-state index is 11.3. The number of carbonyl (C=O) groups excluding carboxylic acids is 2. The van der Waals surface area contributed by atoms with Crippen LogP contribution in [0.25, 0.3) is 10.9 Å². The lowest BCUT2D eigenvalue weighted by Gasteiger charge is -1.98. The molecule has 0 bridgehead atoms. The molecule has 0 aliphatic heterocycles. The first-order chi connectivity index (χ1) is 12.9. The van der Waals surface area contributed by atoms with Crippen molar-refractivity contribution in [1.82, 2.24) is 4.57 Å². The number of nitrogens with two attached hydrogens (primary N) is 1. The van der Waals surface area contributed by atoms with Crippen LogP contribution in [0.15, 0.2) is 54.7 Å². The Bertz CT molecular complexity index is 984. The Morgan fingerprint density at radius 1 is 1.07 bits per heavy atom. The molecule has 4 rings (SSSR count). The minimum absolute atomic E-state index is 0.140. The fraction of sp³-hybridized carbons (Fsp3) is 0.190. The Balaban J connectivity index is 0.000000159. The number of carboxylic acids is 1. The van der Waals surface area contributed by atoms with Crippen LogP contribution in [0.1, 0.15) is 56.8 Å². The number of para-hydroxylation sites is 1. The maximum Gasteiger partial charge on any atom is 0.335 e. The summed E-state index contributed by atoms with van der Waals surface area (Å²) in [4.78, 5) is 33.1. The summed E-state index contributed by atoms with van der Waals surface area (Å²) >= 11 is 0. The van der Waals surface area contributed by atoms with Crippen molar-refractivity contribution >= 4 is 28.7 Å². The number of hydrogen-bond acceptors (Lipinski definition) is 3. The Morgan fingerprint density at radius 2 is 1.78 bits per heavy atom. The van der Waals surface area contributed by atoms with E-state index in [1.54, 1.807) is 30.3 Å². The lowest BCUT2D eigenvalue weighted by Crippen LogP contribution is -2.10. The van der Waals surface area contributed by atoms with E-state index < -0.39 is 11.9 Å². The summed E-state index contributed by atoms with van der Waals surface area (Å²) < 4.78 is 1.43. The van der Waals surface area contributed by atoms with E-state index in [0.29, 0.717) is 27.9 Å². The van der Waals surface area contributed by atoms with Crippen LogP contribution in [0.5, 0.6) is 0 Å². The molecule has 1 aromatic heterocycles. The molecule has 1 saturated carbocycles. The summed E-state index contributed by atoms with van der Waals surface area (Å²) in [5.41, 5.74) is 7.89. The van der Waals surface area contributed by atoms with Gasteiger partial charge in [0.2, 0.25) is 5.91 Å². The summed E-state index contributed by atoms with van der Waals surface area (Å²) in [6.45, 7) is 1.44. The van der Waals surface area contributed by atoms with E-state index in [1.807, 2.05) is 18.2 Å². The van der Waals surface area contributed by atoms with Gasteiger partial charge >= 0.3 is 5.97 Å². The van der Waals surface area contributed by atoms with Gasteiger partial charge in [-0.3, -0.25) is 14.2 Å². The van der Waals surface area contributed by atoms with E-state index in [-0.39, 0.29) is 5.91 Å². The molecule has 0 unspecified atom stereocenters. The number of rotatable bonds is 3. The van der Waals surface area contributed by atoms with Gasteiger partial charge in [0.25, 0.3) is 5.91 Å². The van der Waals surface area contributed by atoms with Gasteiger partial charge in [-0.15, -0.1) is 0 Å². The molecule has 1 fully saturated rings.